The maximum atomic E-state index is 12.0. The second-order valence-corrected chi connectivity index (χ2v) is 5.81. The predicted octanol–water partition coefficient (Wildman–Crippen LogP) is 2.12. The molecule has 0 spiro atoms. The van der Waals surface area contributed by atoms with Crippen molar-refractivity contribution in [1.29, 1.82) is 0 Å². The van der Waals surface area contributed by atoms with Crippen LogP contribution in [0.1, 0.15) is 23.2 Å². The van der Waals surface area contributed by atoms with Crippen LogP contribution in [0.3, 0.4) is 0 Å². The summed E-state index contributed by atoms with van der Waals surface area (Å²) >= 11 is 2.23. The van der Waals surface area contributed by atoms with Crippen molar-refractivity contribution in [3.63, 3.8) is 0 Å². The minimum Gasteiger partial charge on any atom is -0.349 e. The van der Waals surface area contributed by atoms with Gasteiger partial charge in [-0.3, -0.25) is 4.79 Å². The Morgan fingerprint density at radius 3 is 2.76 bits per heavy atom. The number of rotatable bonds is 2. The van der Waals surface area contributed by atoms with Crippen LogP contribution in [-0.2, 0) is 0 Å². The van der Waals surface area contributed by atoms with Crippen LogP contribution in [0.4, 0.5) is 0 Å². The quantitative estimate of drug-likeness (QED) is 0.834. The Labute approximate surface area is 116 Å². The molecular formula is C13H17IN2O. The zero-order valence-electron chi connectivity index (χ0n) is 9.95. The standard InChI is InChI=1S/C13H17IN2O/c1-16-7-5-12(6-8-16)15-13(17)10-3-2-4-11(14)9-10/h2-4,9,12H,5-8H2,1H3,(H,15,17). The molecule has 0 saturated carbocycles. The van der Waals surface area contributed by atoms with Crippen molar-refractivity contribution >= 4 is 28.5 Å². The van der Waals surface area contributed by atoms with E-state index in [4.69, 9.17) is 0 Å². The maximum Gasteiger partial charge on any atom is 0.251 e. The highest BCUT2D eigenvalue weighted by molar-refractivity contribution is 14.1. The number of hydrogen-bond acceptors (Lipinski definition) is 2. The van der Waals surface area contributed by atoms with Crippen LogP contribution in [0.25, 0.3) is 0 Å². The molecule has 3 nitrogen and oxygen atoms in total. The summed E-state index contributed by atoms with van der Waals surface area (Å²) in [4.78, 5) is 14.3. The second-order valence-electron chi connectivity index (χ2n) is 4.56. The van der Waals surface area contributed by atoms with Gasteiger partial charge in [0.25, 0.3) is 5.91 Å². The van der Waals surface area contributed by atoms with E-state index in [1.165, 1.54) is 0 Å². The minimum absolute atomic E-state index is 0.0538. The largest absolute Gasteiger partial charge is 0.349 e. The molecule has 92 valence electrons. The van der Waals surface area contributed by atoms with Gasteiger partial charge in [0.15, 0.2) is 0 Å². The minimum atomic E-state index is 0.0538. The predicted molar refractivity (Wildman–Crippen MR) is 77.1 cm³/mol. The van der Waals surface area contributed by atoms with E-state index >= 15 is 0 Å². The normalized spacial score (nSPS) is 18.0. The monoisotopic (exact) mass is 344 g/mol. The van der Waals surface area contributed by atoms with Crippen molar-refractivity contribution in [2.75, 3.05) is 20.1 Å². The Morgan fingerprint density at radius 1 is 1.41 bits per heavy atom. The van der Waals surface area contributed by atoms with Gasteiger partial charge >= 0.3 is 0 Å². The SMILES string of the molecule is CN1CCC(NC(=O)c2cccc(I)c2)CC1. The molecule has 1 saturated heterocycles. The number of benzene rings is 1. The maximum absolute atomic E-state index is 12.0. The Balaban J connectivity index is 1.93. The van der Waals surface area contributed by atoms with E-state index < -0.39 is 0 Å². The van der Waals surface area contributed by atoms with Crippen LogP contribution in [0, 0.1) is 3.57 Å². The van der Waals surface area contributed by atoms with E-state index in [2.05, 4.69) is 39.9 Å². The van der Waals surface area contributed by atoms with Gasteiger partial charge in [0, 0.05) is 15.2 Å². The number of carbonyl (C=O) groups is 1. The third-order valence-corrected chi connectivity index (χ3v) is 3.81. The summed E-state index contributed by atoms with van der Waals surface area (Å²) in [5, 5.41) is 3.11. The summed E-state index contributed by atoms with van der Waals surface area (Å²) < 4.78 is 1.10. The van der Waals surface area contributed by atoms with E-state index in [9.17, 15) is 4.79 Å². The van der Waals surface area contributed by atoms with Gasteiger partial charge in [0.05, 0.1) is 0 Å². The summed E-state index contributed by atoms with van der Waals surface area (Å²) in [5.41, 5.74) is 0.760. The number of nitrogens with one attached hydrogen (secondary N) is 1. The van der Waals surface area contributed by atoms with Crippen molar-refractivity contribution < 1.29 is 4.79 Å². The van der Waals surface area contributed by atoms with E-state index in [1.54, 1.807) is 0 Å². The van der Waals surface area contributed by atoms with Crippen LogP contribution in [0.15, 0.2) is 24.3 Å². The first-order chi connectivity index (χ1) is 8.15. The van der Waals surface area contributed by atoms with E-state index in [0.29, 0.717) is 6.04 Å². The van der Waals surface area contributed by atoms with Gasteiger partial charge in [0.2, 0.25) is 0 Å². The third kappa shape index (κ3) is 3.67. The summed E-state index contributed by atoms with van der Waals surface area (Å²) in [7, 11) is 2.12. The second kappa shape index (κ2) is 5.82. The summed E-state index contributed by atoms with van der Waals surface area (Å²) in [6.07, 6.45) is 2.10. The van der Waals surface area contributed by atoms with Crippen LogP contribution >= 0.6 is 22.6 Å². The van der Waals surface area contributed by atoms with Crippen LogP contribution in [0.5, 0.6) is 0 Å². The average molecular weight is 344 g/mol. The Kier molecular flexibility index (Phi) is 4.39. The molecule has 1 heterocycles. The van der Waals surface area contributed by atoms with E-state index in [0.717, 1.165) is 35.1 Å². The van der Waals surface area contributed by atoms with Crippen LogP contribution in [-0.4, -0.2) is 37.0 Å². The molecule has 4 heteroatoms. The molecule has 0 bridgehead atoms. The average Bonchev–Trinajstić information content (AvgIpc) is 2.32. The van der Waals surface area contributed by atoms with E-state index in [1.807, 2.05) is 24.3 Å². The number of nitrogens with zero attached hydrogens (tertiary/aromatic N) is 1. The molecule has 1 aliphatic heterocycles. The van der Waals surface area contributed by atoms with Gasteiger partial charge in [-0.25, -0.2) is 0 Å². The van der Waals surface area contributed by atoms with Crippen LogP contribution in [0.2, 0.25) is 0 Å². The Bertz CT molecular complexity index is 400. The number of piperidine rings is 1. The number of likely N-dealkylation sites (tertiary alicyclic amines) is 1. The molecule has 1 aliphatic rings. The third-order valence-electron chi connectivity index (χ3n) is 3.14. The number of amides is 1. The summed E-state index contributed by atoms with van der Waals surface area (Å²) in [5.74, 6) is 0.0538. The molecule has 0 unspecified atom stereocenters. The topological polar surface area (TPSA) is 32.3 Å². The molecule has 0 aromatic heterocycles. The lowest BCUT2D eigenvalue weighted by Crippen LogP contribution is -2.43. The smallest absolute Gasteiger partial charge is 0.251 e. The zero-order valence-corrected chi connectivity index (χ0v) is 12.1. The molecule has 2 rings (SSSR count). The molecule has 0 aliphatic carbocycles. The molecule has 1 N–H and O–H groups in total. The van der Waals surface area contributed by atoms with Gasteiger partial charge in [-0.15, -0.1) is 0 Å². The molecule has 0 atom stereocenters. The van der Waals surface area contributed by atoms with Gasteiger partial charge in [0.1, 0.15) is 0 Å². The Morgan fingerprint density at radius 2 is 2.12 bits per heavy atom. The van der Waals surface area contributed by atoms with Gasteiger partial charge < -0.3 is 10.2 Å². The van der Waals surface area contributed by atoms with E-state index in [-0.39, 0.29) is 5.91 Å². The number of carbonyl (C=O) groups excluding carboxylic acids is 1. The van der Waals surface area contributed by atoms with Gasteiger partial charge in [-0.05, 0) is 73.8 Å². The van der Waals surface area contributed by atoms with Gasteiger partial charge in [-0.2, -0.15) is 0 Å². The highest BCUT2D eigenvalue weighted by atomic mass is 127. The molecule has 1 aromatic carbocycles. The van der Waals surface area contributed by atoms with Crippen molar-refractivity contribution in [3.05, 3.63) is 33.4 Å². The summed E-state index contributed by atoms with van der Waals surface area (Å²) in [6.45, 7) is 2.13. The zero-order chi connectivity index (χ0) is 12.3. The fourth-order valence-electron chi connectivity index (χ4n) is 2.05. The first kappa shape index (κ1) is 12.8. The fourth-order valence-corrected chi connectivity index (χ4v) is 2.59. The number of halogens is 1. The van der Waals surface area contributed by atoms with Gasteiger partial charge in [-0.1, -0.05) is 6.07 Å². The molecule has 1 fully saturated rings. The molecular weight excluding hydrogens is 327 g/mol. The first-order valence-corrected chi connectivity index (χ1v) is 6.98. The van der Waals surface area contributed by atoms with Crippen LogP contribution < -0.4 is 5.32 Å². The highest BCUT2D eigenvalue weighted by Crippen LogP contribution is 2.11. The Hall–Kier alpha value is -0.620. The van der Waals surface area contributed by atoms with Crippen molar-refractivity contribution in [3.8, 4) is 0 Å². The lowest BCUT2D eigenvalue weighted by molar-refractivity contribution is 0.0917. The lowest BCUT2D eigenvalue weighted by atomic mass is 10.0. The molecule has 17 heavy (non-hydrogen) atoms. The van der Waals surface area contributed by atoms with Crippen molar-refractivity contribution in [1.82, 2.24) is 10.2 Å². The molecule has 1 amide bonds. The first-order valence-electron chi connectivity index (χ1n) is 5.90. The van der Waals surface area contributed by atoms with Crippen molar-refractivity contribution in [2.24, 2.45) is 0 Å². The molecule has 0 radical (unpaired) electrons. The lowest BCUT2D eigenvalue weighted by Gasteiger charge is -2.29. The highest BCUT2D eigenvalue weighted by Gasteiger charge is 2.18. The number of hydrogen-bond donors (Lipinski definition) is 1. The summed E-state index contributed by atoms with van der Waals surface area (Å²) in [6, 6.07) is 8.03. The fraction of sp³-hybridized carbons (Fsp3) is 0.462. The van der Waals surface area contributed by atoms with Crippen molar-refractivity contribution in [2.45, 2.75) is 18.9 Å². The molecule has 1 aromatic rings.